The minimum Gasteiger partial charge on any atom is -0.371 e. The summed E-state index contributed by atoms with van der Waals surface area (Å²) in [4.78, 5) is 0. The molecule has 0 aromatic heterocycles. The molecule has 0 atom stereocenters. The van der Waals surface area contributed by atoms with Gasteiger partial charge in [-0.05, 0) is 64.8 Å². The molecule has 2 aromatic carbocycles. The first kappa shape index (κ1) is 22.1. The molecule has 2 rings (SSSR count). The lowest BCUT2D eigenvalue weighted by molar-refractivity contribution is -0.189. The molecule has 0 bridgehead atoms. The summed E-state index contributed by atoms with van der Waals surface area (Å²) in [6, 6.07) is 15.3. The second-order valence-electron chi connectivity index (χ2n) is 7.77. The van der Waals surface area contributed by atoms with Crippen molar-refractivity contribution in [1.29, 1.82) is 0 Å². The molecule has 0 unspecified atom stereocenters. The third-order valence-electron chi connectivity index (χ3n) is 4.01. The highest BCUT2D eigenvalue weighted by atomic mass is 28.4. The highest BCUT2D eigenvalue weighted by molar-refractivity contribution is 6.60. The summed E-state index contributed by atoms with van der Waals surface area (Å²) in [5.74, 6) is -0.782. The Balaban J connectivity index is 2.48. The number of ether oxygens (including phenoxy) is 1. The van der Waals surface area contributed by atoms with Crippen molar-refractivity contribution in [3.8, 4) is 0 Å². The van der Waals surface area contributed by atoms with Crippen molar-refractivity contribution in [2.45, 2.75) is 72.5 Å². The predicted molar refractivity (Wildman–Crippen MR) is 113 cm³/mol. The van der Waals surface area contributed by atoms with Crippen LogP contribution < -0.4 is 0 Å². The normalized spacial score (nSPS) is 13.1. The first-order chi connectivity index (χ1) is 12.7. The lowest BCUT2D eigenvalue weighted by atomic mass is 10.1. The molecule has 0 saturated heterocycles. The van der Waals surface area contributed by atoms with Crippen molar-refractivity contribution < 1.29 is 18.0 Å². The molecule has 0 spiro atoms. The molecule has 0 aliphatic carbocycles. The van der Waals surface area contributed by atoms with Gasteiger partial charge >= 0.3 is 8.80 Å². The van der Waals surface area contributed by atoms with Gasteiger partial charge in [-0.1, -0.05) is 42.5 Å². The van der Waals surface area contributed by atoms with Gasteiger partial charge in [-0.25, -0.2) is 0 Å². The SMILES string of the molecule is CCOC(C)(C)O[Si](Cc1cccc2ccccc12)(OC(C)C)OC(C)C. The summed E-state index contributed by atoms with van der Waals surface area (Å²) < 4.78 is 25.1. The summed E-state index contributed by atoms with van der Waals surface area (Å²) in [5.41, 5.74) is 1.17. The van der Waals surface area contributed by atoms with Crippen LogP contribution >= 0.6 is 0 Å². The summed E-state index contributed by atoms with van der Waals surface area (Å²) in [5, 5.41) is 2.41. The van der Waals surface area contributed by atoms with E-state index in [0.29, 0.717) is 12.7 Å². The van der Waals surface area contributed by atoms with Gasteiger partial charge in [0.15, 0.2) is 5.79 Å². The Kier molecular flexibility index (Phi) is 7.60. The smallest absolute Gasteiger partial charge is 0.371 e. The van der Waals surface area contributed by atoms with Gasteiger partial charge in [0.1, 0.15) is 0 Å². The molecule has 0 N–H and O–H groups in total. The lowest BCUT2D eigenvalue weighted by Crippen LogP contribution is -2.56. The van der Waals surface area contributed by atoms with Gasteiger partial charge in [-0.2, -0.15) is 0 Å². The van der Waals surface area contributed by atoms with E-state index in [1.807, 2.05) is 48.5 Å². The highest BCUT2D eigenvalue weighted by Gasteiger charge is 2.48. The lowest BCUT2D eigenvalue weighted by Gasteiger charge is -2.39. The maximum Gasteiger partial charge on any atom is 0.508 e. The zero-order valence-corrected chi connectivity index (χ0v) is 18.7. The standard InChI is InChI=1S/C22H34O4Si/c1-8-23-22(6,7)26-27(24-17(2)3,25-18(4)5)16-20-14-11-13-19-12-9-10-15-21(19)20/h9-15,17-18H,8,16H2,1-7H3. The maximum absolute atomic E-state index is 6.51. The monoisotopic (exact) mass is 390 g/mol. The molecule has 0 fully saturated rings. The van der Waals surface area contributed by atoms with E-state index in [1.165, 1.54) is 16.3 Å². The van der Waals surface area contributed by atoms with E-state index >= 15 is 0 Å². The first-order valence-electron chi connectivity index (χ1n) is 9.83. The van der Waals surface area contributed by atoms with E-state index in [9.17, 15) is 0 Å². The average Bonchev–Trinajstić information content (AvgIpc) is 2.53. The van der Waals surface area contributed by atoms with Gasteiger partial charge < -0.3 is 18.0 Å². The van der Waals surface area contributed by atoms with Gasteiger partial charge in [-0.15, -0.1) is 0 Å². The fourth-order valence-corrected chi connectivity index (χ4v) is 6.75. The Bertz CT molecular complexity index is 712. The number of benzene rings is 2. The fourth-order valence-electron chi connectivity index (χ4n) is 3.34. The number of hydrogen-bond donors (Lipinski definition) is 0. The molecule has 150 valence electrons. The van der Waals surface area contributed by atoms with E-state index in [1.54, 1.807) is 0 Å². The Morgan fingerprint density at radius 2 is 1.48 bits per heavy atom. The third-order valence-corrected chi connectivity index (χ3v) is 7.29. The van der Waals surface area contributed by atoms with Crippen molar-refractivity contribution in [3.05, 3.63) is 48.0 Å². The van der Waals surface area contributed by atoms with Crippen LogP contribution in [0.4, 0.5) is 0 Å². The summed E-state index contributed by atoms with van der Waals surface area (Å²) in [7, 11) is -3.08. The molecule has 0 saturated carbocycles. The van der Waals surface area contributed by atoms with Crippen LogP contribution in [0.5, 0.6) is 0 Å². The maximum atomic E-state index is 6.51. The average molecular weight is 391 g/mol. The van der Waals surface area contributed by atoms with Crippen LogP contribution in [0.1, 0.15) is 54.0 Å². The predicted octanol–water partition coefficient (Wildman–Crippen LogP) is 5.50. The largest absolute Gasteiger partial charge is 0.508 e. The topological polar surface area (TPSA) is 36.9 Å². The third kappa shape index (κ3) is 6.40. The van der Waals surface area contributed by atoms with E-state index in [2.05, 4.69) is 42.5 Å². The van der Waals surface area contributed by atoms with E-state index in [4.69, 9.17) is 18.0 Å². The van der Waals surface area contributed by atoms with Gasteiger partial charge in [0.05, 0.1) is 0 Å². The van der Waals surface area contributed by atoms with E-state index < -0.39 is 14.6 Å². The van der Waals surface area contributed by atoms with Crippen LogP contribution in [-0.4, -0.2) is 33.4 Å². The summed E-state index contributed by atoms with van der Waals surface area (Å²) >= 11 is 0. The Morgan fingerprint density at radius 1 is 0.889 bits per heavy atom. The molecule has 0 radical (unpaired) electrons. The minimum absolute atomic E-state index is 0.0113. The molecular formula is C22H34O4Si. The van der Waals surface area contributed by atoms with Gasteiger partial charge in [0, 0.05) is 24.9 Å². The van der Waals surface area contributed by atoms with Gasteiger partial charge in [0.2, 0.25) is 0 Å². The molecule has 4 nitrogen and oxygen atoms in total. The quantitative estimate of drug-likeness (QED) is 0.396. The van der Waals surface area contributed by atoms with Gasteiger partial charge in [0.25, 0.3) is 0 Å². The van der Waals surface area contributed by atoms with Crippen molar-refractivity contribution in [3.63, 3.8) is 0 Å². The van der Waals surface area contributed by atoms with E-state index in [-0.39, 0.29) is 12.2 Å². The van der Waals surface area contributed by atoms with Crippen LogP contribution in [0.3, 0.4) is 0 Å². The minimum atomic E-state index is -3.08. The van der Waals surface area contributed by atoms with Crippen LogP contribution in [0, 0.1) is 0 Å². The molecule has 5 heteroatoms. The van der Waals surface area contributed by atoms with Crippen molar-refractivity contribution in [2.24, 2.45) is 0 Å². The van der Waals surface area contributed by atoms with E-state index in [0.717, 1.165) is 0 Å². The second kappa shape index (κ2) is 9.30. The molecule has 2 aromatic rings. The zero-order valence-electron chi connectivity index (χ0n) is 17.7. The highest BCUT2D eigenvalue weighted by Crippen LogP contribution is 2.29. The molecule has 0 aliphatic heterocycles. The molecular weight excluding hydrogens is 356 g/mol. The second-order valence-corrected chi connectivity index (χ2v) is 10.2. The molecule has 27 heavy (non-hydrogen) atoms. The molecule has 0 heterocycles. The van der Waals surface area contributed by atoms with Gasteiger partial charge in [-0.3, -0.25) is 0 Å². The Morgan fingerprint density at radius 3 is 2.07 bits per heavy atom. The Labute approximate surface area is 165 Å². The fraction of sp³-hybridized carbons (Fsp3) is 0.545. The molecule has 0 aliphatic rings. The van der Waals surface area contributed by atoms with Crippen molar-refractivity contribution >= 4 is 19.6 Å². The van der Waals surface area contributed by atoms with Crippen LogP contribution in [0.25, 0.3) is 10.8 Å². The van der Waals surface area contributed by atoms with Crippen molar-refractivity contribution in [1.82, 2.24) is 0 Å². The zero-order chi connectivity index (χ0) is 20.1. The first-order valence-corrected chi connectivity index (χ1v) is 11.8. The number of fused-ring (bicyclic) bond motifs is 1. The number of rotatable bonds is 10. The summed E-state index contributed by atoms with van der Waals surface area (Å²) in [6.07, 6.45) is -0.0226. The summed E-state index contributed by atoms with van der Waals surface area (Å²) in [6.45, 7) is 14.5. The van der Waals surface area contributed by atoms with Crippen LogP contribution in [-0.2, 0) is 24.1 Å². The molecule has 0 amide bonds. The van der Waals surface area contributed by atoms with Crippen LogP contribution in [0.15, 0.2) is 42.5 Å². The van der Waals surface area contributed by atoms with Crippen molar-refractivity contribution in [2.75, 3.05) is 6.61 Å². The Hall–Kier alpha value is -1.24. The number of hydrogen-bond acceptors (Lipinski definition) is 4. The van der Waals surface area contributed by atoms with Crippen LogP contribution in [0.2, 0.25) is 0 Å².